The van der Waals surface area contributed by atoms with Gasteiger partial charge >= 0.3 is 6.18 Å². The summed E-state index contributed by atoms with van der Waals surface area (Å²) in [4.78, 5) is 2.46. The van der Waals surface area contributed by atoms with E-state index in [0.717, 1.165) is 25.9 Å². The second-order valence-electron chi connectivity index (χ2n) is 7.79. The number of halogens is 4. The van der Waals surface area contributed by atoms with Crippen molar-refractivity contribution in [2.24, 2.45) is 5.92 Å². The molecule has 3 aliphatic rings. The highest BCUT2D eigenvalue weighted by Gasteiger charge is 2.48. The highest BCUT2D eigenvalue weighted by atomic mass is 35.5. The molecule has 27 heavy (non-hydrogen) atoms. The maximum Gasteiger partial charge on any atom is 0.422 e. The minimum Gasteiger partial charge on any atom is -0.478 e. The lowest BCUT2D eigenvalue weighted by Gasteiger charge is -2.56. The highest BCUT2D eigenvalue weighted by molar-refractivity contribution is 6.33. The van der Waals surface area contributed by atoms with Crippen LogP contribution in [0.15, 0.2) is 16.7 Å². The summed E-state index contributed by atoms with van der Waals surface area (Å²) < 4.78 is 47.8. The number of fused-ring (bicyclic) bond motifs is 4. The van der Waals surface area contributed by atoms with Gasteiger partial charge in [0.15, 0.2) is 18.2 Å². The summed E-state index contributed by atoms with van der Waals surface area (Å²) in [6, 6.07) is 3.36. The molecule has 2 bridgehead atoms. The maximum absolute atomic E-state index is 12.5. The Kier molecular flexibility index (Phi) is 4.46. The lowest BCUT2D eigenvalue weighted by molar-refractivity contribution is -0.153. The number of aromatic nitrogens is 1. The lowest BCUT2D eigenvalue weighted by atomic mass is 9.72. The van der Waals surface area contributed by atoms with E-state index in [1.165, 1.54) is 6.07 Å². The van der Waals surface area contributed by atoms with E-state index in [4.69, 9.17) is 20.9 Å². The molecule has 1 aromatic heterocycles. The number of hydrogen-bond acceptors (Lipinski definition) is 5. The topological polar surface area (TPSA) is 50.5 Å². The smallest absolute Gasteiger partial charge is 0.422 e. The van der Waals surface area contributed by atoms with E-state index in [2.05, 4.69) is 29.2 Å². The Bertz CT molecular complexity index is 844. The number of piperidine rings is 3. The molecule has 0 saturated carbocycles. The number of rotatable bonds is 4. The SMILES string of the molecule is CC1(C)[C@H](Nc2noc3c(OCC(F)(F)F)c(Cl)ccc23)C2CCN1CC2. The van der Waals surface area contributed by atoms with Crippen molar-refractivity contribution in [1.29, 1.82) is 0 Å². The van der Waals surface area contributed by atoms with Crippen LogP contribution in [0.1, 0.15) is 26.7 Å². The average molecular weight is 404 g/mol. The van der Waals surface area contributed by atoms with Crippen molar-refractivity contribution in [3.63, 3.8) is 0 Å². The highest BCUT2D eigenvalue weighted by Crippen LogP contribution is 2.43. The zero-order valence-electron chi connectivity index (χ0n) is 15.1. The van der Waals surface area contributed by atoms with Crippen molar-refractivity contribution < 1.29 is 22.4 Å². The second kappa shape index (κ2) is 6.44. The Morgan fingerprint density at radius 1 is 1.33 bits per heavy atom. The number of anilines is 1. The molecule has 9 heteroatoms. The molecule has 0 spiro atoms. The first-order chi connectivity index (χ1) is 12.7. The van der Waals surface area contributed by atoms with Crippen molar-refractivity contribution in [1.82, 2.24) is 10.1 Å². The lowest BCUT2D eigenvalue weighted by Crippen LogP contribution is -2.66. The van der Waals surface area contributed by atoms with Gasteiger partial charge in [-0.2, -0.15) is 13.2 Å². The minimum atomic E-state index is -4.47. The minimum absolute atomic E-state index is 0.0471. The fourth-order valence-electron chi connectivity index (χ4n) is 4.37. The van der Waals surface area contributed by atoms with Crippen molar-refractivity contribution >= 4 is 28.4 Å². The fourth-order valence-corrected chi connectivity index (χ4v) is 4.58. The van der Waals surface area contributed by atoms with Gasteiger partial charge in [-0.3, -0.25) is 4.90 Å². The van der Waals surface area contributed by atoms with Crippen LogP contribution in [0.3, 0.4) is 0 Å². The molecule has 1 N–H and O–H groups in total. The molecule has 3 aliphatic heterocycles. The van der Waals surface area contributed by atoms with E-state index in [0.29, 0.717) is 17.1 Å². The molecule has 3 fully saturated rings. The first-order valence-electron chi connectivity index (χ1n) is 8.96. The van der Waals surface area contributed by atoms with Gasteiger partial charge < -0.3 is 14.6 Å². The van der Waals surface area contributed by atoms with Gasteiger partial charge in [0.05, 0.1) is 10.4 Å². The van der Waals surface area contributed by atoms with Gasteiger partial charge in [0.2, 0.25) is 5.58 Å². The Hall–Kier alpha value is -1.67. The second-order valence-corrected chi connectivity index (χ2v) is 8.20. The molecule has 1 aromatic carbocycles. The quantitative estimate of drug-likeness (QED) is 0.801. The Balaban J connectivity index is 1.64. The van der Waals surface area contributed by atoms with E-state index >= 15 is 0 Å². The normalized spacial score (nSPS) is 27.1. The van der Waals surface area contributed by atoms with Gasteiger partial charge in [0.1, 0.15) is 0 Å². The first kappa shape index (κ1) is 18.7. The van der Waals surface area contributed by atoms with Gasteiger partial charge in [0, 0.05) is 11.6 Å². The molecular formula is C18H21ClF3N3O2. The molecule has 5 rings (SSSR count). The molecule has 3 saturated heterocycles. The third kappa shape index (κ3) is 3.33. The van der Waals surface area contributed by atoms with E-state index in [1.807, 2.05) is 0 Å². The predicted molar refractivity (Wildman–Crippen MR) is 96.4 cm³/mol. The number of ether oxygens (including phenoxy) is 1. The zero-order chi connectivity index (χ0) is 19.4. The van der Waals surface area contributed by atoms with Crippen LogP contribution in [-0.4, -0.2) is 47.5 Å². The number of nitrogens with one attached hydrogen (secondary N) is 1. The predicted octanol–water partition coefficient (Wildman–Crippen LogP) is 4.71. The van der Waals surface area contributed by atoms with Crippen LogP contribution in [0.4, 0.5) is 19.0 Å². The van der Waals surface area contributed by atoms with Gasteiger partial charge in [-0.15, -0.1) is 0 Å². The molecule has 2 aromatic rings. The molecule has 148 valence electrons. The number of hydrogen-bond donors (Lipinski definition) is 1. The summed E-state index contributed by atoms with van der Waals surface area (Å²) in [5.74, 6) is 0.885. The van der Waals surface area contributed by atoms with Crippen molar-refractivity contribution in [3.05, 3.63) is 17.2 Å². The van der Waals surface area contributed by atoms with Crippen LogP contribution in [0.2, 0.25) is 5.02 Å². The van der Waals surface area contributed by atoms with E-state index in [1.54, 1.807) is 6.07 Å². The first-order valence-corrected chi connectivity index (χ1v) is 9.33. The summed E-state index contributed by atoms with van der Waals surface area (Å²) in [6.45, 7) is 5.13. The summed E-state index contributed by atoms with van der Waals surface area (Å²) in [5, 5.41) is 8.15. The molecule has 0 aliphatic carbocycles. The molecule has 0 amide bonds. The van der Waals surface area contributed by atoms with Crippen LogP contribution in [0, 0.1) is 5.92 Å². The standard InChI is InChI=1S/C18H21ClF3N3O2/c1-17(2)15(10-5-7-25(17)8-6-10)23-16-11-3-4-12(19)14(13(11)27-24-16)26-9-18(20,21)22/h3-4,10,15H,5-9H2,1-2H3,(H,23,24)/t15-/m1/s1. The van der Waals surface area contributed by atoms with Gasteiger partial charge in [0.25, 0.3) is 0 Å². The van der Waals surface area contributed by atoms with Crippen LogP contribution in [-0.2, 0) is 0 Å². The monoisotopic (exact) mass is 403 g/mol. The van der Waals surface area contributed by atoms with Crippen molar-refractivity contribution in [2.45, 2.75) is 44.4 Å². The van der Waals surface area contributed by atoms with Crippen molar-refractivity contribution in [2.75, 3.05) is 25.0 Å². The number of nitrogens with zero attached hydrogens (tertiary/aromatic N) is 2. The zero-order valence-corrected chi connectivity index (χ0v) is 15.8. The molecule has 0 unspecified atom stereocenters. The molecular weight excluding hydrogens is 383 g/mol. The Morgan fingerprint density at radius 3 is 2.67 bits per heavy atom. The van der Waals surface area contributed by atoms with Gasteiger partial charge in [-0.05, 0) is 57.8 Å². The van der Waals surface area contributed by atoms with Crippen LogP contribution in [0.5, 0.6) is 5.75 Å². The van der Waals surface area contributed by atoms with Crippen LogP contribution >= 0.6 is 11.6 Å². The van der Waals surface area contributed by atoms with E-state index < -0.39 is 12.8 Å². The van der Waals surface area contributed by atoms with Crippen LogP contribution < -0.4 is 10.1 Å². The Morgan fingerprint density at radius 2 is 2.04 bits per heavy atom. The van der Waals surface area contributed by atoms with Gasteiger partial charge in [-0.25, -0.2) is 0 Å². The third-order valence-corrected chi connectivity index (χ3v) is 6.10. The summed E-state index contributed by atoms with van der Waals surface area (Å²) in [6.07, 6.45) is -2.24. The fraction of sp³-hybridized carbons (Fsp3) is 0.611. The number of alkyl halides is 3. The largest absolute Gasteiger partial charge is 0.478 e. The van der Waals surface area contributed by atoms with Gasteiger partial charge in [-0.1, -0.05) is 16.8 Å². The molecule has 4 heterocycles. The van der Waals surface area contributed by atoms with Crippen molar-refractivity contribution in [3.8, 4) is 5.75 Å². The molecule has 5 nitrogen and oxygen atoms in total. The third-order valence-electron chi connectivity index (χ3n) is 5.81. The summed E-state index contributed by atoms with van der Waals surface area (Å²) in [7, 11) is 0. The molecule has 1 atom stereocenters. The van der Waals surface area contributed by atoms with E-state index in [9.17, 15) is 13.2 Å². The Labute approximate surface area is 159 Å². The average Bonchev–Trinajstić information content (AvgIpc) is 2.99. The summed E-state index contributed by atoms with van der Waals surface area (Å²) in [5.41, 5.74) is 0.0717. The van der Waals surface area contributed by atoms with E-state index in [-0.39, 0.29) is 27.9 Å². The molecule has 0 radical (unpaired) electrons. The maximum atomic E-state index is 12.5. The van der Waals surface area contributed by atoms with Crippen LogP contribution in [0.25, 0.3) is 11.0 Å². The number of benzene rings is 1. The summed E-state index contributed by atoms with van der Waals surface area (Å²) >= 11 is 6.02.